The van der Waals surface area contributed by atoms with Crippen LogP contribution in [0.1, 0.15) is 25.0 Å². The van der Waals surface area contributed by atoms with E-state index >= 15 is 0 Å². The molecular weight excluding hydrogens is 278 g/mol. The van der Waals surface area contributed by atoms with Gasteiger partial charge in [0.05, 0.1) is 18.1 Å². The molecule has 114 valence electrons. The maximum atomic E-state index is 12.5. The molecule has 1 aromatic carbocycles. The van der Waals surface area contributed by atoms with E-state index in [0.29, 0.717) is 31.9 Å². The van der Waals surface area contributed by atoms with Crippen LogP contribution in [0.25, 0.3) is 0 Å². The highest BCUT2D eigenvalue weighted by molar-refractivity contribution is 7.89. The lowest BCUT2D eigenvalue weighted by atomic mass is 10.1. The van der Waals surface area contributed by atoms with Gasteiger partial charge in [-0.1, -0.05) is 13.0 Å². The van der Waals surface area contributed by atoms with Crippen LogP contribution in [0.4, 0.5) is 0 Å². The minimum absolute atomic E-state index is 0.166. The molecule has 0 saturated carbocycles. The van der Waals surface area contributed by atoms with Crippen molar-refractivity contribution in [3.8, 4) is 0 Å². The molecule has 0 spiro atoms. The van der Waals surface area contributed by atoms with Gasteiger partial charge in [0, 0.05) is 19.7 Å². The van der Waals surface area contributed by atoms with Crippen molar-refractivity contribution in [2.75, 3.05) is 26.3 Å². The van der Waals surface area contributed by atoms with E-state index in [0.717, 1.165) is 5.56 Å². The highest BCUT2D eigenvalue weighted by Gasteiger charge is 2.23. The lowest BCUT2D eigenvalue weighted by Crippen LogP contribution is -2.34. The van der Waals surface area contributed by atoms with Crippen molar-refractivity contribution >= 4 is 10.0 Å². The Morgan fingerprint density at radius 2 is 2.00 bits per heavy atom. The molecule has 1 aromatic rings. The Bertz CT molecular complexity index is 528. The molecule has 0 amide bonds. The Kier molecular flexibility index (Phi) is 6.61. The molecule has 0 atom stereocenters. The van der Waals surface area contributed by atoms with Gasteiger partial charge in [-0.05, 0) is 37.1 Å². The van der Waals surface area contributed by atoms with E-state index in [1.807, 2.05) is 13.8 Å². The standard InChI is InChI=1S/C14H23NO4S/c1-4-15(8-9-19-5-2)20(17,18)14-7-6-12(3)13(10-14)11-16/h6-7,10,16H,4-5,8-9,11H2,1-3H3. The Labute approximate surface area is 121 Å². The SMILES string of the molecule is CCOCCN(CC)S(=O)(=O)c1ccc(C)c(CO)c1. The van der Waals surface area contributed by atoms with Gasteiger partial charge < -0.3 is 9.84 Å². The molecule has 0 bridgehead atoms. The van der Waals surface area contributed by atoms with Gasteiger partial charge in [0.15, 0.2) is 0 Å². The molecule has 0 unspecified atom stereocenters. The van der Waals surface area contributed by atoms with E-state index in [4.69, 9.17) is 4.74 Å². The van der Waals surface area contributed by atoms with Crippen molar-refractivity contribution in [3.05, 3.63) is 29.3 Å². The summed E-state index contributed by atoms with van der Waals surface area (Å²) in [5.41, 5.74) is 1.51. The summed E-state index contributed by atoms with van der Waals surface area (Å²) in [5.74, 6) is 0. The molecule has 6 heteroatoms. The summed E-state index contributed by atoms with van der Waals surface area (Å²) in [6.07, 6.45) is 0. The van der Waals surface area contributed by atoms with Gasteiger partial charge in [0.1, 0.15) is 0 Å². The van der Waals surface area contributed by atoms with Crippen molar-refractivity contribution in [2.45, 2.75) is 32.3 Å². The minimum Gasteiger partial charge on any atom is -0.392 e. The van der Waals surface area contributed by atoms with Crippen LogP contribution in [0.2, 0.25) is 0 Å². The van der Waals surface area contributed by atoms with Crippen molar-refractivity contribution in [1.29, 1.82) is 0 Å². The van der Waals surface area contributed by atoms with E-state index in [-0.39, 0.29) is 11.5 Å². The van der Waals surface area contributed by atoms with Gasteiger partial charge in [0.2, 0.25) is 10.0 Å². The summed E-state index contributed by atoms with van der Waals surface area (Å²) in [7, 11) is -3.54. The van der Waals surface area contributed by atoms with Crippen LogP contribution < -0.4 is 0 Å². The lowest BCUT2D eigenvalue weighted by molar-refractivity contribution is 0.135. The van der Waals surface area contributed by atoms with Crippen molar-refractivity contribution < 1.29 is 18.3 Å². The number of sulfonamides is 1. The summed E-state index contributed by atoms with van der Waals surface area (Å²) >= 11 is 0. The smallest absolute Gasteiger partial charge is 0.243 e. The number of aliphatic hydroxyl groups is 1. The predicted octanol–water partition coefficient (Wildman–Crippen LogP) is 1.53. The van der Waals surface area contributed by atoms with Crippen LogP contribution in [0.5, 0.6) is 0 Å². The third-order valence-corrected chi connectivity index (χ3v) is 5.14. The normalized spacial score (nSPS) is 12.1. The van der Waals surface area contributed by atoms with Gasteiger partial charge in [-0.3, -0.25) is 0 Å². The van der Waals surface area contributed by atoms with E-state index < -0.39 is 10.0 Å². The average molecular weight is 301 g/mol. The molecule has 0 fully saturated rings. The number of hydrogen-bond donors (Lipinski definition) is 1. The molecule has 0 aromatic heterocycles. The second-order valence-electron chi connectivity index (χ2n) is 4.44. The first-order valence-electron chi connectivity index (χ1n) is 6.75. The number of aryl methyl sites for hydroxylation is 1. The van der Waals surface area contributed by atoms with Gasteiger partial charge in [-0.2, -0.15) is 4.31 Å². The van der Waals surface area contributed by atoms with Crippen LogP contribution in [0, 0.1) is 6.92 Å². The van der Waals surface area contributed by atoms with Crippen LogP contribution >= 0.6 is 0 Å². The molecule has 0 radical (unpaired) electrons. The Balaban J connectivity index is 3.01. The van der Waals surface area contributed by atoms with Crippen LogP contribution in [-0.2, 0) is 21.4 Å². The van der Waals surface area contributed by atoms with Gasteiger partial charge in [0.25, 0.3) is 0 Å². The second kappa shape index (κ2) is 7.73. The van der Waals surface area contributed by atoms with Crippen LogP contribution in [0.3, 0.4) is 0 Å². The summed E-state index contributed by atoms with van der Waals surface area (Å²) < 4.78 is 31.6. The number of hydrogen-bond acceptors (Lipinski definition) is 4. The summed E-state index contributed by atoms with van der Waals surface area (Å²) in [5, 5.41) is 9.25. The largest absolute Gasteiger partial charge is 0.392 e. The highest BCUT2D eigenvalue weighted by atomic mass is 32.2. The summed E-state index contributed by atoms with van der Waals surface area (Å²) in [6, 6.07) is 4.83. The fourth-order valence-electron chi connectivity index (χ4n) is 1.89. The molecular formula is C14H23NO4S. The monoisotopic (exact) mass is 301 g/mol. The number of ether oxygens (including phenoxy) is 1. The first-order valence-corrected chi connectivity index (χ1v) is 8.19. The Morgan fingerprint density at radius 1 is 1.30 bits per heavy atom. The van der Waals surface area contributed by atoms with E-state index in [1.54, 1.807) is 19.1 Å². The number of nitrogens with zero attached hydrogens (tertiary/aromatic N) is 1. The summed E-state index contributed by atoms with van der Waals surface area (Å²) in [4.78, 5) is 0.213. The fraction of sp³-hybridized carbons (Fsp3) is 0.571. The fourth-order valence-corrected chi connectivity index (χ4v) is 3.37. The topological polar surface area (TPSA) is 66.8 Å². The molecule has 0 heterocycles. The first kappa shape index (κ1) is 17.1. The van der Waals surface area contributed by atoms with Crippen LogP contribution in [-0.4, -0.2) is 44.1 Å². The zero-order chi connectivity index (χ0) is 15.2. The predicted molar refractivity (Wildman–Crippen MR) is 78.0 cm³/mol. The molecule has 0 aliphatic carbocycles. The van der Waals surface area contributed by atoms with Gasteiger partial charge in [-0.25, -0.2) is 8.42 Å². The third-order valence-electron chi connectivity index (χ3n) is 3.17. The third kappa shape index (κ3) is 4.02. The van der Waals surface area contributed by atoms with Crippen LogP contribution in [0.15, 0.2) is 23.1 Å². The molecule has 0 saturated heterocycles. The van der Waals surface area contributed by atoms with E-state index in [1.165, 1.54) is 10.4 Å². The maximum Gasteiger partial charge on any atom is 0.243 e. The quantitative estimate of drug-likeness (QED) is 0.740. The van der Waals surface area contributed by atoms with E-state index in [2.05, 4.69) is 0 Å². The first-order chi connectivity index (χ1) is 9.47. The molecule has 0 aliphatic rings. The van der Waals surface area contributed by atoms with Crippen molar-refractivity contribution in [2.24, 2.45) is 0 Å². The number of benzene rings is 1. The number of rotatable bonds is 8. The second-order valence-corrected chi connectivity index (χ2v) is 6.38. The average Bonchev–Trinajstić information content (AvgIpc) is 2.43. The Hall–Kier alpha value is -0.950. The molecule has 1 N–H and O–H groups in total. The zero-order valence-corrected chi connectivity index (χ0v) is 13.1. The number of likely N-dealkylation sites (N-methyl/N-ethyl adjacent to an activating group) is 1. The maximum absolute atomic E-state index is 12.5. The zero-order valence-electron chi connectivity index (χ0n) is 12.3. The molecule has 20 heavy (non-hydrogen) atoms. The molecule has 5 nitrogen and oxygen atoms in total. The van der Waals surface area contributed by atoms with Crippen molar-refractivity contribution in [3.63, 3.8) is 0 Å². The molecule has 0 aliphatic heterocycles. The van der Waals surface area contributed by atoms with Crippen molar-refractivity contribution in [1.82, 2.24) is 4.31 Å². The molecule has 1 rings (SSSR count). The Morgan fingerprint density at radius 3 is 2.55 bits per heavy atom. The number of aliphatic hydroxyl groups excluding tert-OH is 1. The highest BCUT2D eigenvalue weighted by Crippen LogP contribution is 2.19. The van der Waals surface area contributed by atoms with Gasteiger partial charge in [-0.15, -0.1) is 0 Å². The van der Waals surface area contributed by atoms with E-state index in [9.17, 15) is 13.5 Å². The minimum atomic E-state index is -3.54. The summed E-state index contributed by atoms with van der Waals surface area (Å²) in [6.45, 7) is 7.00. The lowest BCUT2D eigenvalue weighted by Gasteiger charge is -2.21. The van der Waals surface area contributed by atoms with Gasteiger partial charge >= 0.3 is 0 Å².